The first-order valence-corrected chi connectivity index (χ1v) is 19.5. The largest absolute Gasteiger partial charge is 0.372 e. The number of carbonyl (C=O) groups excluding carboxylic acids is 1. The van der Waals surface area contributed by atoms with Crippen LogP contribution >= 0.6 is 0 Å². The number of aromatic nitrogens is 6. The van der Waals surface area contributed by atoms with Gasteiger partial charge in [-0.25, -0.2) is 15.0 Å². The van der Waals surface area contributed by atoms with Crippen LogP contribution in [-0.2, 0) is 12.0 Å². The van der Waals surface area contributed by atoms with Crippen LogP contribution < -0.4 is 15.1 Å². The molecule has 12 nitrogen and oxygen atoms in total. The van der Waals surface area contributed by atoms with Gasteiger partial charge in [-0.1, -0.05) is 56.3 Å². The van der Waals surface area contributed by atoms with Gasteiger partial charge in [0.1, 0.15) is 17.8 Å². The maximum Gasteiger partial charge on any atom is 0.315 e. The van der Waals surface area contributed by atoms with Gasteiger partial charge in [0, 0.05) is 85.3 Å². The van der Waals surface area contributed by atoms with Gasteiger partial charge in [-0.05, 0) is 86.2 Å². The Morgan fingerprint density at radius 3 is 2.38 bits per heavy atom. The second-order valence-corrected chi connectivity index (χ2v) is 16.0. The van der Waals surface area contributed by atoms with E-state index in [1.807, 2.05) is 46.0 Å². The molecule has 55 heavy (non-hydrogen) atoms. The molecule has 12 heteroatoms. The first kappa shape index (κ1) is 36.4. The molecule has 2 saturated heterocycles. The Kier molecular flexibility index (Phi) is 10.3. The Morgan fingerprint density at radius 1 is 0.891 bits per heavy atom. The highest BCUT2D eigenvalue weighted by molar-refractivity contribution is 5.94. The van der Waals surface area contributed by atoms with Gasteiger partial charge in [-0.2, -0.15) is 4.98 Å². The van der Waals surface area contributed by atoms with E-state index in [2.05, 4.69) is 99.7 Å². The average molecular weight is 739 g/mol. The van der Waals surface area contributed by atoms with Crippen LogP contribution in [0.15, 0.2) is 83.8 Å². The minimum Gasteiger partial charge on any atom is -0.372 e. The number of nitrogens with one attached hydrogen (secondary N) is 2. The summed E-state index contributed by atoms with van der Waals surface area (Å²) in [5, 5.41) is 7.79. The van der Waals surface area contributed by atoms with Gasteiger partial charge in [0.2, 0.25) is 0 Å². The van der Waals surface area contributed by atoms with Crippen LogP contribution in [0.5, 0.6) is 0 Å². The lowest BCUT2D eigenvalue weighted by molar-refractivity contribution is 0.0907. The molecule has 0 unspecified atom stereocenters. The summed E-state index contributed by atoms with van der Waals surface area (Å²) in [5.41, 5.74) is 7.59. The molecule has 2 N–H and O–H groups in total. The number of hydrogen-bond acceptors (Lipinski definition) is 10. The first-order valence-electron chi connectivity index (χ1n) is 19.5. The van der Waals surface area contributed by atoms with Gasteiger partial charge in [0.05, 0.1) is 5.69 Å². The molecular formula is C43H50N10O2. The van der Waals surface area contributed by atoms with Crippen molar-refractivity contribution < 1.29 is 9.32 Å². The van der Waals surface area contributed by atoms with E-state index in [1.165, 1.54) is 44.6 Å². The van der Waals surface area contributed by atoms with Crippen LogP contribution in [-0.4, -0.2) is 86.7 Å². The van der Waals surface area contributed by atoms with E-state index in [0.717, 1.165) is 82.6 Å². The second-order valence-electron chi connectivity index (χ2n) is 16.0. The molecule has 0 bridgehead atoms. The molecule has 2 aliphatic rings. The first-order chi connectivity index (χ1) is 26.7. The summed E-state index contributed by atoms with van der Waals surface area (Å²) < 4.78 is 5.20. The lowest BCUT2D eigenvalue weighted by Gasteiger charge is -2.37. The fourth-order valence-corrected chi connectivity index (χ4v) is 7.66. The number of benzene rings is 2. The third kappa shape index (κ3) is 8.24. The van der Waals surface area contributed by atoms with Crippen molar-refractivity contribution >= 4 is 28.4 Å². The molecule has 0 radical (unpaired) electrons. The van der Waals surface area contributed by atoms with E-state index in [4.69, 9.17) is 9.51 Å². The lowest BCUT2D eigenvalue weighted by atomic mass is 9.93. The van der Waals surface area contributed by atoms with Gasteiger partial charge in [0.15, 0.2) is 5.82 Å². The average Bonchev–Trinajstić information content (AvgIpc) is 3.90. The lowest BCUT2D eigenvalue weighted by Crippen LogP contribution is -2.47. The van der Waals surface area contributed by atoms with Crippen LogP contribution in [0.3, 0.4) is 0 Å². The normalized spacial score (nSPS) is 15.9. The molecule has 2 aromatic carbocycles. The number of H-pyrrole nitrogens is 1. The quantitative estimate of drug-likeness (QED) is 0.151. The fraction of sp³-hybridized carbons (Fsp3) is 0.395. The number of aryl methyl sites for hydroxylation is 1. The number of para-hydroxylation sites is 1. The Bertz CT molecular complexity index is 2230. The summed E-state index contributed by atoms with van der Waals surface area (Å²) in [6.07, 6.45) is 7.40. The van der Waals surface area contributed by atoms with Gasteiger partial charge >= 0.3 is 11.8 Å². The minimum atomic E-state index is -0.397. The van der Waals surface area contributed by atoms with Crippen molar-refractivity contribution in [2.24, 2.45) is 5.92 Å². The molecule has 4 aromatic heterocycles. The number of anilines is 2. The molecule has 0 spiro atoms. The smallest absolute Gasteiger partial charge is 0.315 e. The number of piperazine rings is 1. The standard InChI is InChI=1S/C43H50N10O2/c1-29-24-31(10-11-32(29)26-45-40(54)41-49-42(50-55-41)43(2,3)4)38-35-25-36(48-39(35)47-28-46-38)33-12-13-37(44-27-33)53-22-20-51(21-23-53)17-14-30-15-18-52(19-16-30)34-8-6-5-7-9-34/h5-13,24-25,27-28,30H,14-23,26H2,1-4H3,(H,45,54)(H,46,47,48). The zero-order chi connectivity index (χ0) is 37.9. The number of amides is 1. The molecule has 2 aliphatic heterocycles. The molecular weight excluding hydrogens is 689 g/mol. The number of rotatable bonds is 10. The van der Waals surface area contributed by atoms with Crippen molar-refractivity contribution in [3.05, 3.63) is 102 Å². The maximum atomic E-state index is 12.7. The monoisotopic (exact) mass is 738 g/mol. The number of nitrogens with zero attached hydrogens (tertiary/aromatic N) is 8. The topological polar surface area (TPSA) is 132 Å². The molecule has 6 aromatic rings. The van der Waals surface area contributed by atoms with E-state index in [9.17, 15) is 4.79 Å². The summed E-state index contributed by atoms with van der Waals surface area (Å²) in [5.74, 6) is 1.90. The molecule has 0 aliphatic carbocycles. The Labute approximate surface area is 322 Å². The number of fused-ring (bicyclic) bond motifs is 1. The van der Waals surface area contributed by atoms with Crippen LogP contribution in [0, 0.1) is 12.8 Å². The molecule has 284 valence electrons. The van der Waals surface area contributed by atoms with Crippen molar-refractivity contribution in [3.63, 3.8) is 0 Å². The number of hydrogen-bond donors (Lipinski definition) is 2. The van der Waals surface area contributed by atoms with Gasteiger partial charge in [0.25, 0.3) is 0 Å². The zero-order valence-corrected chi connectivity index (χ0v) is 32.3. The Morgan fingerprint density at radius 2 is 1.67 bits per heavy atom. The molecule has 0 saturated carbocycles. The van der Waals surface area contributed by atoms with E-state index in [-0.39, 0.29) is 11.3 Å². The van der Waals surface area contributed by atoms with Crippen molar-refractivity contribution in [3.8, 4) is 22.5 Å². The summed E-state index contributed by atoms with van der Waals surface area (Å²) in [7, 11) is 0. The highest BCUT2D eigenvalue weighted by Crippen LogP contribution is 2.32. The van der Waals surface area contributed by atoms with Crippen molar-refractivity contribution in [2.75, 3.05) is 55.6 Å². The van der Waals surface area contributed by atoms with Gasteiger partial charge in [-0.15, -0.1) is 0 Å². The molecule has 2 fully saturated rings. The number of carbonyl (C=O) groups is 1. The second kappa shape index (κ2) is 15.6. The van der Waals surface area contributed by atoms with Crippen molar-refractivity contribution in [2.45, 2.75) is 58.9 Å². The zero-order valence-electron chi connectivity index (χ0n) is 32.3. The summed E-state index contributed by atoms with van der Waals surface area (Å²) in [4.78, 5) is 42.1. The molecule has 6 heterocycles. The number of aromatic amines is 1. The summed E-state index contributed by atoms with van der Waals surface area (Å²) >= 11 is 0. The Hall–Kier alpha value is -5.62. The number of pyridine rings is 1. The van der Waals surface area contributed by atoms with Crippen molar-refractivity contribution in [1.29, 1.82) is 0 Å². The van der Waals surface area contributed by atoms with E-state index < -0.39 is 5.91 Å². The van der Waals surface area contributed by atoms with E-state index in [0.29, 0.717) is 12.4 Å². The van der Waals surface area contributed by atoms with Gasteiger partial charge < -0.3 is 24.6 Å². The highest BCUT2D eigenvalue weighted by Gasteiger charge is 2.25. The third-order valence-corrected chi connectivity index (χ3v) is 11.1. The van der Waals surface area contributed by atoms with Crippen LogP contribution in [0.4, 0.5) is 11.5 Å². The SMILES string of the molecule is Cc1cc(-c2ncnc3[nH]c(-c4ccc(N5CCN(CCC6CCN(c7ccccc7)CC6)CC5)nc4)cc23)ccc1CNC(=O)c1nc(C(C)(C)C)no1. The predicted molar refractivity (Wildman–Crippen MR) is 216 cm³/mol. The highest BCUT2D eigenvalue weighted by atomic mass is 16.5. The molecule has 1 amide bonds. The van der Waals surface area contributed by atoms with Gasteiger partial charge in [-0.3, -0.25) is 9.69 Å². The molecule has 0 atom stereocenters. The molecule has 8 rings (SSSR count). The Balaban J connectivity index is 0.848. The van der Waals surface area contributed by atoms with Crippen LogP contribution in [0.2, 0.25) is 0 Å². The van der Waals surface area contributed by atoms with E-state index >= 15 is 0 Å². The number of piperidine rings is 1. The van der Waals surface area contributed by atoms with E-state index in [1.54, 1.807) is 6.33 Å². The van der Waals surface area contributed by atoms with Crippen molar-refractivity contribution in [1.82, 2.24) is 40.3 Å². The minimum absolute atomic E-state index is 0.0363. The fourth-order valence-electron chi connectivity index (χ4n) is 7.66. The maximum absolute atomic E-state index is 12.7. The summed E-state index contributed by atoms with van der Waals surface area (Å²) in [6.45, 7) is 15.9. The summed E-state index contributed by atoms with van der Waals surface area (Å²) in [6, 6.07) is 23.3. The van der Waals surface area contributed by atoms with Crippen LogP contribution in [0.25, 0.3) is 33.5 Å². The third-order valence-electron chi connectivity index (χ3n) is 11.1. The van der Waals surface area contributed by atoms with Crippen LogP contribution in [0.1, 0.15) is 67.7 Å². The predicted octanol–water partition coefficient (Wildman–Crippen LogP) is 7.03.